The first-order valence-electron chi connectivity index (χ1n) is 13.2. The first-order valence-corrected chi connectivity index (χ1v) is 14.8. The quantitative estimate of drug-likeness (QED) is 0.152. The molecule has 1 aliphatic carbocycles. The summed E-state index contributed by atoms with van der Waals surface area (Å²) in [5.41, 5.74) is 11.3. The molecule has 3 aromatic carbocycles. The van der Waals surface area contributed by atoms with Crippen LogP contribution in [0.25, 0.3) is 54.6 Å². The Kier molecular flexibility index (Phi) is 6.61. The molecule has 190 valence electrons. The van der Waals surface area contributed by atoms with Gasteiger partial charge in [0.25, 0.3) is 5.70 Å². The van der Waals surface area contributed by atoms with Crippen LogP contribution < -0.4 is 0 Å². The summed E-state index contributed by atoms with van der Waals surface area (Å²) in [7, 11) is 0. The molecule has 0 N–H and O–H groups in total. The largest absolute Gasteiger partial charge is 0.262 e. The molecule has 5 aromatic rings. The zero-order valence-corrected chi connectivity index (χ0v) is 23.5. The Morgan fingerprint density at radius 2 is 1.59 bits per heavy atom. The monoisotopic (exact) mass is 542 g/mol. The van der Waals surface area contributed by atoms with Gasteiger partial charge in [-0.2, -0.15) is 8.75 Å². The summed E-state index contributed by atoms with van der Waals surface area (Å²) in [6, 6.07) is 24.2. The molecule has 6 heteroatoms. The summed E-state index contributed by atoms with van der Waals surface area (Å²) in [6.07, 6.45) is 6.01. The molecule has 0 bridgehead atoms. The van der Waals surface area contributed by atoms with Gasteiger partial charge in [0.2, 0.25) is 0 Å². The predicted octanol–water partition coefficient (Wildman–Crippen LogP) is 9.74. The summed E-state index contributed by atoms with van der Waals surface area (Å²) in [5.74, 6) is 0. The molecule has 2 heterocycles. The average molecular weight is 543 g/mol. The van der Waals surface area contributed by atoms with Crippen molar-refractivity contribution in [3.63, 3.8) is 0 Å². The third kappa shape index (κ3) is 4.08. The van der Waals surface area contributed by atoms with Gasteiger partial charge in [-0.15, -0.1) is 11.3 Å². The Hall–Kier alpha value is -4.10. The van der Waals surface area contributed by atoms with Crippen LogP contribution in [0.3, 0.4) is 0 Å². The molecule has 0 atom stereocenters. The van der Waals surface area contributed by atoms with Gasteiger partial charge in [0.05, 0.1) is 24.4 Å². The SMILES string of the molecule is [C-]#[N+]/C(C#N)=C\c1ccc(-c2ccc3c(c2)C(CCC)(CCC)c2cc(-c4cccs4)ccc2-3)c2nsnc12. The molecule has 2 aromatic heterocycles. The Labute approximate surface area is 237 Å². The van der Waals surface area contributed by atoms with Crippen LogP contribution >= 0.6 is 23.1 Å². The topological polar surface area (TPSA) is 53.9 Å². The van der Waals surface area contributed by atoms with Crippen molar-refractivity contribution in [2.24, 2.45) is 0 Å². The van der Waals surface area contributed by atoms with Crippen LogP contribution in [0.5, 0.6) is 0 Å². The zero-order valence-electron chi connectivity index (χ0n) is 21.9. The number of aromatic nitrogens is 2. The van der Waals surface area contributed by atoms with Crippen molar-refractivity contribution in [2.75, 3.05) is 0 Å². The number of benzene rings is 3. The van der Waals surface area contributed by atoms with Crippen molar-refractivity contribution in [1.82, 2.24) is 8.75 Å². The zero-order chi connectivity index (χ0) is 27.0. The normalized spacial score (nSPS) is 13.6. The fourth-order valence-corrected chi connectivity index (χ4v) is 7.55. The van der Waals surface area contributed by atoms with Crippen LogP contribution in [0.1, 0.15) is 56.2 Å². The van der Waals surface area contributed by atoms with Crippen molar-refractivity contribution in [3.8, 4) is 38.8 Å². The molecule has 6 rings (SSSR count). The van der Waals surface area contributed by atoms with E-state index in [2.05, 4.69) is 87.4 Å². The van der Waals surface area contributed by atoms with Gasteiger partial charge in [-0.3, -0.25) is 0 Å². The smallest absolute Gasteiger partial charge is 0.227 e. The van der Waals surface area contributed by atoms with Crippen molar-refractivity contribution < 1.29 is 0 Å². The molecule has 0 radical (unpaired) electrons. The molecule has 4 nitrogen and oxygen atoms in total. The van der Waals surface area contributed by atoms with Crippen molar-refractivity contribution in [2.45, 2.75) is 44.9 Å². The van der Waals surface area contributed by atoms with Crippen LogP contribution in [0.4, 0.5) is 0 Å². The van der Waals surface area contributed by atoms with Gasteiger partial charge < -0.3 is 0 Å². The highest BCUT2D eigenvalue weighted by Gasteiger charge is 2.42. The van der Waals surface area contributed by atoms with E-state index in [0.717, 1.165) is 65.1 Å². The minimum Gasteiger partial charge on any atom is -0.227 e. The Balaban J connectivity index is 1.53. The van der Waals surface area contributed by atoms with E-state index in [-0.39, 0.29) is 11.1 Å². The van der Waals surface area contributed by atoms with Crippen LogP contribution in [-0.4, -0.2) is 8.75 Å². The van der Waals surface area contributed by atoms with Gasteiger partial charge in [0.15, 0.2) is 0 Å². The lowest BCUT2D eigenvalue weighted by atomic mass is 9.71. The number of nitrogens with zero attached hydrogens (tertiary/aromatic N) is 4. The van der Waals surface area contributed by atoms with E-state index in [9.17, 15) is 5.26 Å². The lowest BCUT2D eigenvalue weighted by Crippen LogP contribution is -2.25. The third-order valence-corrected chi connectivity index (χ3v) is 9.25. The lowest BCUT2D eigenvalue weighted by Gasteiger charge is -2.32. The van der Waals surface area contributed by atoms with E-state index >= 15 is 0 Å². The van der Waals surface area contributed by atoms with E-state index < -0.39 is 0 Å². The number of allylic oxidation sites excluding steroid dienone is 1. The fraction of sp³-hybridized carbons (Fsp3) is 0.212. The van der Waals surface area contributed by atoms with E-state index in [4.69, 9.17) is 6.57 Å². The van der Waals surface area contributed by atoms with Crippen LogP contribution in [0.2, 0.25) is 0 Å². The predicted molar refractivity (Wildman–Crippen MR) is 162 cm³/mol. The molecule has 1 aliphatic rings. The second-order valence-electron chi connectivity index (χ2n) is 10.00. The Morgan fingerprint density at radius 1 is 0.923 bits per heavy atom. The van der Waals surface area contributed by atoms with Gasteiger partial charge in [-0.05, 0) is 81.4 Å². The first-order chi connectivity index (χ1) is 19.1. The van der Waals surface area contributed by atoms with Crippen LogP contribution in [-0.2, 0) is 5.41 Å². The fourth-order valence-electron chi connectivity index (χ4n) is 6.25. The van der Waals surface area contributed by atoms with Gasteiger partial charge in [-0.25, -0.2) is 10.1 Å². The van der Waals surface area contributed by atoms with Gasteiger partial charge in [0.1, 0.15) is 11.0 Å². The van der Waals surface area contributed by atoms with Crippen molar-refractivity contribution in [1.29, 1.82) is 5.26 Å². The number of nitriles is 1. The lowest BCUT2D eigenvalue weighted by molar-refractivity contribution is 0.436. The number of rotatable bonds is 7. The maximum absolute atomic E-state index is 9.25. The number of hydrogen-bond acceptors (Lipinski definition) is 5. The highest BCUT2D eigenvalue weighted by atomic mass is 32.1. The molecule has 0 aliphatic heterocycles. The Morgan fingerprint density at radius 3 is 2.23 bits per heavy atom. The summed E-state index contributed by atoms with van der Waals surface area (Å²) in [4.78, 5) is 4.62. The highest BCUT2D eigenvalue weighted by Crippen LogP contribution is 2.55. The standard InChI is InChI=1S/C33H26N4S2/c1-4-14-33(15-5-2)28-18-21(25-11-10-23(17-24(20-34)35-3)31-32(25)37-39-36-31)8-12-26(28)27-13-9-22(19-29(27)33)30-7-6-16-38-30/h6-13,16-19H,4-5,14-15H2,1-2H3/b24-17-. The summed E-state index contributed by atoms with van der Waals surface area (Å²) in [5, 5.41) is 11.4. The molecular weight excluding hydrogens is 517 g/mol. The minimum absolute atomic E-state index is 0.0309. The van der Waals surface area contributed by atoms with Crippen molar-refractivity contribution >= 4 is 40.2 Å². The van der Waals surface area contributed by atoms with Gasteiger partial charge >= 0.3 is 0 Å². The second-order valence-corrected chi connectivity index (χ2v) is 11.5. The summed E-state index contributed by atoms with van der Waals surface area (Å²) in [6.45, 7) is 11.8. The summed E-state index contributed by atoms with van der Waals surface area (Å²) >= 11 is 2.95. The minimum atomic E-state index is -0.0309. The van der Waals surface area contributed by atoms with E-state index in [0.29, 0.717) is 0 Å². The molecule has 0 saturated heterocycles. The molecule has 39 heavy (non-hydrogen) atoms. The number of fused-ring (bicyclic) bond motifs is 4. The van der Waals surface area contributed by atoms with Crippen molar-refractivity contribution in [3.05, 3.63) is 99.8 Å². The number of hydrogen-bond donors (Lipinski definition) is 0. The summed E-state index contributed by atoms with van der Waals surface area (Å²) < 4.78 is 9.17. The highest BCUT2D eigenvalue weighted by molar-refractivity contribution is 7.13. The molecule has 0 spiro atoms. The average Bonchev–Trinajstić information content (AvgIpc) is 3.72. The molecule has 0 amide bonds. The molecule has 0 fully saturated rings. The van der Waals surface area contributed by atoms with E-state index in [1.165, 1.54) is 32.7 Å². The van der Waals surface area contributed by atoms with Crippen LogP contribution in [0.15, 0.2) is 71.7 Å². The van der Waals surface area contributed by atoms with Gasteiger partial charge in [0, 0.05) is 15.9 Å². The first kappa shape index (κ1) is 25.2. The molecule has 0 unspecified atom stereocenters. The van der Waals surface area contributed by atoms with E-state index in [1.807, 2.05) is 12.1 Å². The van der Waals surface area contributed by atoms with Gasteiger partial charge in [-0.1, -0.05) is 69.2 Å². The third-order valence-electron chi connectivity index (χ3n) is 7.80. The maximum Gasteiger partial charge on any atom is 0.262 e. The Bertz CT molecular complexity index is 1790. The molecule has 0 saturated carbocycles. The maximum atomic E-state index is 9.25. The number of thiophene rings is 1. The van der Waals surface area contributed by atoms with E-state index in [1.54, 1.807) is 17.4 Å². The second kappa shape index (κ2) is 10.2. The van der Waals surface area contributed by atoms with Crippen LogP contribution in [0, 0.1) is 17.9 Å². The molecular formula is C33H26N4S2.